The van der Waals surface area contributed by atoms with Gasteiger partial charge in [0.15, 0.2) is 5.71 Å². The number of aliphatic imine (C=N–C) groups is 1. The Labute approximate surface area is 153 Å². The Bertz CT molecular complexity index is 1180. The second kappa shape index (κ2) is 6.37. The van der Waals surface area contributed by atoms with E-state index in [2.05, 4.69) is 4.99 Å². The third-order valence-corrected chi connectivity index (χ3v) is 5.45. The van der Waals surface area contributed by atoms with Crippen molar-refractivity contribution in [2.45, 2.75) is 13.8 Å². The van der Waals surface area contributed by atoms with Crippen LogP contribution in [0.15, 0.2) is 40.3 Å². The Balaban J connectivity index is 1.80. The Hall–Kier alpha value is -2.44. The van der Waals surface area contributed by atoms with Crippen molar-refractivity contribution in [3.8, 4) is 0 Å². The van der Waals surface area contributed by atoms with Crippen molar-refractivity contribution in [2.24, 2.45) is 9.98 Å². The maximum atomic E-state index is 12.4. The monoisotopic (exact) mass is 366 g/mol. The van der Waals surface area contributed by atoms with E-state index >= 15 is 0 Å². The van der Waals surface area contributed by atoms with E-state index in [1.807, 2.05) is 44.2 Å². The van der Waals surface area contributed by atoms with E-state index in [1.54, 1.807) is 6.26 Å². The minimum absolute atomic E-state index is 0.128. The largest absolute Gasteiger partial charge is 0.616 e. The molecule has 0 spiro atoms. The van der Waals surface area contributed by atoms with Gasteiger partial charge in [0, 0.05) is 15.7 Å². The molecule has 0 amide bonds. The van der Waals surface area contributed by atoms with Crippen molar-refractivity contribution in [2.75, 3.05) is 18.6 Å². The van der Waals surface area contributed by atoms with Gasteiger partial charge in [0.1, 0.15) is 12.4 Å². The third kappa shape index (κ3) is 2.66. The van der Waals surface area contributed by atoms with Gasteiger partial charge < -0.3 is 9.29 Å². The predicted octanol–water partition coefficient (Wildman–Crippen LogP) is 1.73. The molecular formula is C20H18N2O3S. The molecule has 1 unspecified atom stereocenters. The van der Waals surface area contributed by atoms with Crippen LogP contribution in [-0.4, -0.2) is 34.8 Å². The van der Waals surface area contributed by atoms with Gasteiger partial charge in [0.05, 0.1) is 23.0 Å². The number of ether oxygens (including phenoxy) is 1. The summed E-state index contributed by atoms with van der Waals surface area (Å²) in [5, 5.41) is 4.04. The first-order chi connectivity index (χ1) is 12.5. The number of esters is 1. The molecule has 5 nitrogen and oxygen atoms in total. The topological polar surface area (TPSA) is 74.1 Å². The lowest BCUT2D eigenvalue weighted by molar-refractivity contribution is -0.134. The quantitative estimate of drug-likeness (QED) is 0.521. The molecule has 2 aromatic rings. The van der Waals surface area contributed by atoms with Crippen molar-refractivity contribution < 1.29 is 14.1 Å². The van der Waals surface area contributed by atoms with Gasteiger partial charge in [0.25, 0.3) is 0 Å². The second-order valence-electron chi connectivity index (χ2n) is 6.42. The second-order valence-corrected chi connectivity index (χ2v) is 7.97. The van der Waals surface area contributed by atoms with Crippen LogP contribution in [0.5, 0.6) is 0 Å². The number of benzene rings is 2. The van der Waals surface area contributed by atoms with Gasteiger partial charge in [-0.15, -0.1) is 0 Å². The van der Waals surface area contributed by atoms with Crippen LogP contribution in [0.4, 0.5) is 11.4 Å². The lowest BCUT2D eigenvalue weighted by Gasteiger charge is -2.06. The number of carbonyl (C=O) groups is 1. The highest BCUT2D eigenvalue weighted by Crippen LogP contribution is 2.28. The summed E-state index contributed by atoms with van der Waals surface area (Å²) in [5.74, 6) is -0.144. The number of carbonyl (C=O) groups excluding carboxylic acids is 1. The minimum Gasteiger partial charge on any atom is -0.616 e. The average Bonchev–Trinajstić information content (AvgIpc) is 3.14. The van der Waals surface area contributed by atoms with E-state index in [1.165, 1.54) is 0 Å². The van der Waals surface area contributed by atoms with Crippen LogP contribution in [-0.2, 0) is 20.7 Å². The zero-order valence-electron chi connectivity index (χ0n) is 14.8. The van der Waals surface area contributed by atoms with Gasteiger partial charge in [-0.1, -0.05) is 29.4 Å². The number of rotatable bonds is 4. The summed E-state index contributed by atoms with van der Waals surface area (Å²) in [6.45, 7) is 4.02. The number of fused-ring (bicyclic) bond motifs is 3. The molecule has 0 fully saturated rings. The lowest BCUT2D eigenvalue weighted by atomic mass is 10.0. The Morgan fingerprint density at radius 2 is 1.96 bits per heavy atom. The zero-order valence-corrected chi connectivity index (χ0v) is 15.6. The fraction of sp³-hybridized carbons (Fsp3) is 0.250. The van der Waals surface area contributed by atoms with E-state index in [-0.39, 0.29) is 6.61 Å². The maximum Gasteiger partial charge on any atom is 0.357 e. The predicted molar refractivity (Wildman–Crippen MR) is 102 cm³/mol. The highest BCUT2D eigenvalue weighted by Gasteiger charge is 2.25. The molecule has 2 aromatic carbocycles. The summed E-state index contributed by atoms with van der Waals surface area (Å²) in [6, 6.07) is 10.0. The molecule has 2 aliphatic heterocycles. The summed E-state index contributed by atoms with van der Waals surface area (Å²) < 4.78 is 16.4. The molecular weight excluding hydrogens is 348 g/mol. The Morgan fingerprint density at radius 1 is 1.19 bits per heavy atom. The van der Waals surface area contributed by atoms with Gasteiger partial charge in [0.2, 0.25) is 0 Å². The van der Waals surface area contributed by atoms with Crippen molar-refractivity contribution in [1.29, 1.82) is 0 Å². The van der Waals surface area contributed by atoms with Gasteiger partial charge in [-0.25, -0.2) is 14.8 Å². The van der Waals surface area contributed by atoms with Crippen LogP contribution in [0.3, 0.4) is 0 Å². The van der Waals surface area contributed by atoms with Crippen LogP contribution in [0.1, 0.15) is 12.5 Å². The van der Waals surface area contributed by atoms with Crippen LogP contribution < -0.4 is 10.6 Å². The van der Waals surface area contributed by atoms with Gasteiger partial charge in [-0.05, 0) is 37.1 Å². The number of para-hydroxylation sites is 1. The summed E-state index contributed by atoms with van der Waals surface area (Å²) in [7, 11) is 0. The van der Waals surface area contributed by atoms with Crippen molar-refractivity contribution in [1.82, 2.24) is 0 Å². The van der Waals surface area contributed by atoms with E-state index in [4.69, 9.17) is 9.73 Å². The highest BCUT2D eigenvalue weighted by atomic mass is 32.2. The summed E-state index contributed by atoms with van der Waals surface area (Å²) in [5.41, 5.74) is 3.86. The highest BCUT2D eigenvalue weighted by molar-refractivity contribution is 7.90. The van der Waals surface area contributed by atoms with E-state index in [9.17, 15) is 9.35 Å². The average molecular weight is 366 g/mol. The molecule has 26 heavy (non-hydrogen) atoms. The maximum absolute atomic E-state index is 12.4. The van der Waals surface area contributed by atoms with Crippen LogP contribution in [0, 0.1) is 17.4 Å². The molecule has 0 radical (unpaired) electrons. The molecule has 0 aromatic heterocycles. The first-order valence-electron chi connectivity index (χ1n) is 8.36. The number of nitrogens with zero attached hydrogens (tertiary/aromatic N) is 2. The van der Waals surface area contributed by atoms with Crippen LogP contribution in [0.25, 0.3) is 5.57 Å². The van der Waals surface area contributed by atoms with Crippen LogP contribution >= 0.6 is 0 Å². The fourth-order valence-corrected chi connectivity index (χ4v) is 3.78. The van der Waals surface area contributed by atoms with Crippen molar-refractivity contribution in [3.05, 3.63) is 56.9 Å². The smallest absolute Gasteiger partial charge is 0.357 e. The standard InChI is InChI=1S/C20H18N2O3S/c1-11-17-12(2)19(20(23)25-8-9-26(3)24)22-16(17)10-14-13-6-4-5-7-15(13)21-18(11)14/h4-7,10H,8-9H2,1-3H3. The van der Waals surface area contributed by atoms with Crippen LogP contribution in [0.2, 0.25) is 0 Å². The Morgan fingerprint density at radius 3 is 2.73 bits per heavy atom. The molecule has 0 bridgehead atoms. The number of hydrogen-bond donors (Lipinski definition) is 0. The SMILES string of the molecule is CC1=c2c(cc3c(c2C)N=c2ccccc2=3)N=C1C(=O)OCC[S+](C)[O-]. The number of hydrogen-bond acceptors (Lipinski definition) is 5. The summed E-state index contributed by atoms with van der Waals surface area (Å²) in [6.07, 6.45) is 1.58. The fourth-order valence-electron chi connectivity index (χ4n) is 3.46. The Kier molecular flexibility index (Phi) is 4.17. The lowest BCUT2D eigenvalue weighted by Crippen LogP contribution is -2.22. The van der Waals surface area contributed by atoms with E-state index in [0.29, 0.717) is 11.5 Å². The molecule has 4 rings (SSSR count). The molecule has 0 N–H and O–H groups in total. The zero-order chi connectivity index (χ0) is 18.4. The van der Waals surface area contributed by atoms with Gasteiger partial charge >= 0.3 is 5.97 Å². The molecule has 6 heteroatoms. The molecule has 2 aliphatic rings. The third-order valence-electron chi connectivity index (χ3n) is 4.71. The summed E-state index contributed by atoms with van der Waals surface area (Å²) >= 11 is -0.993. The molecule has 0 aliphatic carbocycles. The van der Waals surface area contributed by atoms with E-state index in [0.717, 1.165) is 43.5 Å². The first-order valence-corrected chi connectivity index (χ1v) is 10.1. The van der Waals surface area contributed by atoms with Gasteiger partial charge in [-0.3, -0.25) is 0 Å². The summed E-state index contributed by atoms with van der Waals surface area (Å²) in [4.78, 5) is 21.7. The molecule has 0 saturated carbocycles. The normalized spacial score (nSPS) is 14.9. The molecule has 2 heterocycles. The minimum atomic E-state index is -0.993. The first kappa shape index (κ1) is 17.0. The molecule has 0 saturated heterocycles. The molecule has 132 valence electrons. The van der Waals surface area contributed by atoms with Crippen molar-refractivity contribution >= 4 is 39.8 Å². The molecule has 1 atom stereocenters. The van der Waals surface area contributed by atoms with E-state index < -0.39 is 17.1 Å². The van der Waals surface area contributed by atoms with Gasteiger partial charge in [-0.2, -0.15) is 0 Å². The van der Waals surface area contributed by atoms with Crippen molar-refractivity contribution in [3.63, 3.8) is 0 Å².